The number of hydrogen-bond acceptors (Lipinski definition) is 4. The lowest BCUT2D eigenvalue weighted by Gasteiger charge is -2.32. The second kappa shape index (κ2) is 4.58. The quantitative estimate of drug-likeness (QED) is 0.758. The topological polar surface area (TPSA) is 39.5 Å². The van der Waals surface area contributed by atoms with E-state index in [2.05, 4.69) is 55.6 Å². The van der Waals surface area contributed by atoms with Crippen LogP contribution in [0, 0.1) is 0 Å². The minimum Gasteiger partial charge on any atom is -0.399 e. The molecule has 6 heteroatoms. The van der Waals surface area contributed by atoms with Crippen molar-refractivity contribution in [3.05, 3.63) is 12.4 Å². The van der Waals surface area contributed by atoms with Gasteiger partial charge in [-0.05, 0) is 47.7 Å². The summed E-state index contributed by atoms with van der Waals surface area (Å²) in [4.78, 5) is 2.33. The molecule has 0 saturated carbocycles. The van der Waals surface area contributed by atoms with Gasteiger partial charge in [-0.25, -0.2) is 0 Å². The molecule has 2 saturated heterocycles. The molecule has 110 valence electrons. The van der Waals surface area contributed by atoms with Gasteiger partial charge in [-0.15, -0.1) is 0 Å². The van der Waals surface area contributed by atoms with Crippen molar-refractivity contribution >= 4 is 12.6 Å². The highest BCUT2D eigenvalue weighted by Crippen LogP contribution is 2.36. The van der Waals surface area contributed by atoms with Gasteiger partial charge in [-0.2, -0.15) is 5.10 Å². The first kappa shape index (κ1) is 14.1. The summed E-state index contributed by atoms with van der Waals surface area (Å²) in [5.41, 5.74) is 0.416. The van der Waals surface area contributed by atoms with Crippen LogP contribution in [-0.2, 0) is 9.31 Å². The van der Waals surface area contributed by atoms with E-state index < -0.39 is 0 Å². The van der Waals surface area contributed by atoms with E-state index in [1.54, 1.807) is 0 Å². The summed E-state index contributed by atoms with van der Waals surface area (Å²) in [6.45, 7) is 10.5. The maximum atomic E-state index is 6.06. The first-order valence-corrected chi connectivity index (χ1v) is 7.37. The van der Waals surface area contributed by atoms with Crippen molar-refractivity contribution in [2.45, 2.75) is 51.4 Å². The summed E-state index contributed by atoms with van der Waals surface area (Å²) in [6, 6.07) is 0.469. The average molecular weight is 277 g/mol. The van der Waals surface area contributed by atoms with E-state index in [1.165, 1.54) is 0 Å². The third-order valence-electron chi connectivity index (χ3n) is 4.89. The summed E-state index contributed by atoms with van der Waals surface area (Å²) in [7, 11) is 1.84. The predicted octanol–water partition coefficient (Wildman–Crippen LogP) is 1.06. The molecule has 0 aromatic carbocycles. The number of hydrogen-bond donors (Lipinski definition) is 0. The highest BCUT2D eigenvalue weighted by Gasteiger charge is 2.52. The van der Waals surface area contributed by atoms with Gasteiger partial charge in [0, 0.05) is 24.4 Å². The summed E-state index contributed by atoms with van der Waals surface area (Å²) >= 11 is 0. The molecule has 3 heterocycles. The fourth-order valence-electron chi connectivity index (χ4n) is 2.78. The fourth-order valence-corrected chi connectivity index (χ4v) is 2.78. The van der Waals surface area contributed by atoms with E-state index in [0.29, 0.717) is 6.04 Å². The number of likely N-dealkylation sites (tertiary alicyclic amines) is 1. The highest BCUT2D eigenvalue weighted by molar-refractivity contribution is 6.61. The Morgan fingerprint density at radius 3 is 2.45 bits per heavy atom. The standard InChI is InChI=1S/C14H24BN3O2/c1-13(2)14(3,4)20-15(19-13)11-8-16-18(9-11)12-6-7-17(5)10-12/h8-9,12H,6-7,10H2,1-5H3. The van der Waals surface area contributed by atoms with Gasteiger partial charge in [0.15, 0.2) is 0 Å². The molecule has 0 bridgehead atoms. The van der Waals surface area contributed by atoms with Crippen LogP contribution in [0.3, 0.4) is 0 Å². The van der Waals surface area contributed by atoms with Crippen molar-refractivity contribution < 1.29 is 9.31 Å². The van der Waals surface area contributed by atoms with Crippen molar-refractivity contribution in [2.75, 3.05) is 20.1 Å². The maximum absolute atomic E-state index is 6.06. The third kappa shape index (κ3) is 2.30. The fraction of sp³-hybridized carbons (Fsp3) is 0.786. The molecule has 0 radical (unpaired) electrons. The van der Waals surface area contributed by atoms with Gasteiger partial charge < -0.3 is 14.2 Å². The van der Waals surface area contributed by atoms with E-state index in [1.807, 2.05) is 6.20 Å². The van der Waals surface area contributed by atoms with Gasteiger partial charge in [0.05, 0.1) is 17.2 Å². The Morgan fingerprint density at radius 1 is 1.25 bits per heavy atom. The van der Waals surface area contributed by atoms with Crippen LogP contribution in [0.2, 0.25) is 0 Å². The molecular weight excluding hydrogens is 253 g/mol. The largest absolute Gasteiger partial charge is 0.498 e. The number of nitrogens with zero attached hydrogens (tertiary/aromatic N) is 3. The smallest absolute Gasteiger partial charge is 0.399 e. The van der Waals surface area contributed by atoms with Crippen LogP contribution < -0.4 is 5.46 Å². The van der Waals surface area contributed by atoms with Gasteiger partial charge in [-0.3, -0.25) is 4.68 Å². The Hall–Kier alpha value is -0.845. The van der Waals surface area contributed by atoms with E-state index in [0.717, 1.165) is 25.0 Å². The third-order valence-corrected chi connectivity index (χ3v) is 4.89. The molecular formula is C14H24BN3O2. The van der Waals surface area contributed by atoms with Crippen molar-refractivity contribution in [1.29, 1.82) is 0 Å². The van der Waals surface area contributed by atoms with Crippen LogP contribution in [0.1, 0.15) is 40.2 Å². The molecule has 2 aliphatic rings. The van der Waals surface area contributed by atoms with Gasteiger partial charge in [0.1, 0.15) is 0 Å². The number of aromatic nitrogens is 2. The van der Waals surface area contributed by atoms with E-state index >= 15 is 0 Å². The van der Waals surface area contributed by atoms with E-state index in [4.69, 9.17) is 9.31 Å². The molecule has 2 aliphatic heterocycles. The van der Waals surface area contributed by atoms with Crippen LogP contribution in [0.4, 0.5) is 0 Å². The maximum Gasteiger partial charge on any atom is 0.498 e. The summed E-state index contributed by atoms with van der Waals surface area (Å²) < 4.78 is 14.2. The average Bonchev–Trinajstić information content (AvgIpc) is 2.98. The Balaban J connectivity index is 1.75. The first-order valence-electron chi connectivity index (χ1n) is 7.37. The lowest BCUT2D eigenvalue weighted by molar-refractivity contribution is 0.00578. The molecule has 0 amide bonds. The minimum absolute atomic E-state index is 0.298. The number of likely N-dealkylation sites (N-methyl/N-ethyl adjacent to an activating group) is 1. The number of rotatable bonds is 2. The molecule has 20 heavy (non-hydrogen) atoms. The van der Waals surface area contributed by atoms with Crippen molar-refractivity contribution in [1.82, 2.24) is 14.7 Å². The minimum atomic E-state index is -0.312. The first-order chi connectivity index (χ1) is 9.28. The lowest BCUT2D eigenvalue weighted by atomic mass is 9.82. The van der Waals surface area contributed by atoms with Crippen molar-refractivity contribution in [3.8, 4) is 0 Å². The summed E-state index contributed by atoms with van der Waals surface area (Å²) in [6.07, 6.45) is 5.10. The molecule has 0 N–H and O–H groups in total. The molecule has 0 aliphatic carbocycles. The molecule has 1 atom stereocenters. The van der Waals surface area contributed by atoms with Crippen LogP contribution in [0.25, 0.3) is 0 Å². The van der Waals surface area contributed by atoms with Crippen molar-refractivity contribution in [2.24, 2.45) is 0 Å². The zero-order chi connectivity index (χ0) is 14.5. The Morgan fingerprint density at radius 2 is 1.90 bits per heavy atom. The lowest BCUT2D eigenvalue weighted by Crippen LogP contribution is -2.41. The zero-order valence-corrected chi connectivity index (χ0v) is 13.1. The molecule has 3 rings (SSSR count). The molecule has 1 unspecified atom stereocenters. The normalized spacial score (nSPS) is 29.2. The van der Waals surface area contributed by atoms with Crippen LogP contribution >= 0.6 is 0 Å². The zero-order valence-electron chi connectivity index (χ0n) is 13.1. The van der Waals surface area contributed by atoms with Gasteiger partial charge in [0.25, 0.3) is 0 Å². The van der Waals surface area contributed by atoms with E-state index in [-0.39, 0.29) is 18.3 Å². The summed E-state index contributed by atoms with van der Waals surface area (Å²) in [5.74, 6) is 0. The Labute approximate surface area is 121 Å². The molecule has 5 nitrogen and oxygen atoms in total. The van der Waals surface area contributed by atoms with Crippen LogP contribution in [-0.4, -0.2) is 53.1 Å². The highest BCUT2D eigenvalue weighted by atomic mass is 16.7. The SMILES string of the molecule is CN1CCC(n2cc(B3OC(C)(C)C(C)(C)O3)cn2)C1. The van der Waals surface area contributed by atoms with Crippen molar-refractivity contribution in [3.63, 3.8) is 0 Å². The summed E-state index contributed by atoms with van der Waals surface area (Å²) in [5, 5.41) is 4.50. The van der Waals surface area contributed by atoms with Gasteiger partial charge >= 0.3 is 7.12 Å². The second-order valence-electron chi connectivity index (χ2n) is 7.05. The van der Waals surface area contributed by atoms with Crippen LogP contribution in [0.15, 0.2) is 12.4 Å². The van der Waals surface area contributed by atoms with Crippen LogP contribution in [0.5, 0.6) is 0 Å². The Bertz CT molecular complexity index is 484. The predicted molar refractivity (Wildman–Crippen MR) is 79.1 cm³/mol. The van der Waals surface area contributed by atoms with E-state index in [9.17, 15) is 0 Å². The molecule has 0 spiro atoms. The monoisotopic (exact) mass is 277 g/mol. The Kier molecular flexibility index (Phi) is 3.23. The molecule has 1 aromatic heterocycles. The van der Waals surface area contributed by atoms with Gasteiger partial charge in [0.2, 0.25) is 0 Å². The molecule has 2 fully saturated rings. The second-order valence-corrected chi connectivity index (χ2v) is 7.05. The molecule has 1 aromatic rings. The van der Waals surface area contributed by atoms with Gasteiger partial charge in [-0.1, -0.05) is 0 Å².